The summed E-state index contributed by atoms with van der Waals surface area (Å²) in [5.41, 5.74) is 2.03. The lowest BCUT2D eigenvalue weighted by atomic mass is 10.1. The fraction of sp³-hybridized carbons (Fsp3) is 0.409. The SMILES string of the molecule is CCC[C@@H](c1nnnn1Cc1ccc(F)cc1)[NH+]1CCN(c2ccc(F)cc2)CC1. The van der Waals surface area contributed by atoms with Crippen LogP contribution >= 0.6 is 0 Å². The molecular formula is C22H27F2N6+. The largest absolute Gasteiger partial charge is 0.360 e. The second-order valence-corrected chi connectivity index (χ2v) is 7.78. The van der Waals surface area contributed by atoms with Crippen LogP contribution in [0.25, 0.3) is 0 Å². The van der Waals surface area contributed by atoms with Gasteiger partial charge in [0.25, 0.3) is 0 Å². The van der Waals surface area contributed by atoms with Crippen LogP contribution in [0, 0.1) is 11.6 Å². The fourth-order valence-electron chi connectivity index (χ4n) is 4.19. The molecule has 0 spiro atoms. The van der Waals surface area contributed by atoms with Crippen LogP contribution in [0.15, 0.2) is 48.5 Å². The van der Waals surface area contributed by atoms with Crippen LogP contribution in [0.3, 0.4) is 0 Å². The van der Waals surface area contributed by atoms with Gasteiger partial charge in [0.05, 0.1) is 32.7 Å². The number of benzene rings is 2. The zero-order valence-electron chi connectivity index (χ0n) is 17.1. The van der Waals surface area contributed by atoms with E-state index in [2.05, 4.69) is 27.3 Å². The Hall–Kier alpha value is -2.87. The molecule has 8 heteroatoms. The molecule has 1 aliphatic rings. The minimum absolute atomic E-state index is 0.209. The van der Waals surface area contributed by atoms with Gasteiger partial charge in [-0.3, -0.25) is 0 Å². The van der Waals surface area contributed by atoms with Gasteiger partial charge in [-0.2, -0.15) is 0 Å². The van der Waals surface area contributed by atoms with Crippen LogP contribution in [0.4, 0.5) is 14.5 Å². The second kappa shape index (κ2) is 9.30. The van der Waals surface area contributed by atoms with Crippen LogP contribution in [0.2, 0.25) is 0 Å². The van der Waals surface area contributed by atoms with Crippen LogP contribution in [0.1, 0.15) is 37.2 Å². The summed E-state index contributed by atoms with van der Waals surface area (Å²) in [6, 6.07) is 13.4. The number of tetrazole rings is 1. The number of hydrogen-bond acceptors (Lipinski definition) is 4. The molecule has 0 saturated carbocycles. The van der Waals surface area contributed by atoms with Gasteiger partial charge in [-0.1, -0.05) is 25.5 Å². The Morgan fingerprint density at radius 3 is 2.23 bits per heavy atom. The lowest BCUT2D eigenvalue weighted by molar-refractivity contribution is -0.933. The van der Waals surface area contributed by atoms with E-state index in [1.54, 1.807) is 12.1 Å². The molecule has 158 valence electrons. The molecule has 1 N–H and O–H groups in total. The lowest BCUT2D eigenvalue weighted by Gasteiger charge is -2.37. The highest BCUT2D eigenvalue weighted by Gasteiger charge is 2.32. The van der Waals surface area contributed by atoms with Gasteiger partial charge in [0.1, 0.15) is 17.7 Å². The number of rotatable bonds is 7. The van der Waals surface area contributed by atoms with Crippen molar-refractivity contribution in [2.75, 3.05) is 31.1 Å². The van der Waals surface area contributed by atoms with Gasteiger partial charge in [0.2, 0.25) is 5.82 Å². The van der Waals surface area contributed by atoms with Crippen molar-refractivity contribution in [1.82, 2.24) is 20.2 Å². The Kier molecular flexibility index (Phi) is 6.32. The van der Waals surface area contributed by atoms with Crippen LogP contribution in [0.5, 0.6) is 0 Å². The summed E-state index contributed by atoms with van der Waals surface area (Å²) in [6.45, 7) is 6.44. The summed E-state index contributed by atoms with van der Waals surface area (Å²) < 4.78 is 28.3. The number of hydrogen-bond donors (Lipinski definition) is 1. The molecule has 2 heterocycles. The minimum Gasteiger partial charge on any atom is -0.360 e. The Bertz CT molecular complexity index is 933. The Morgan fingerprint density at radius 1 is 0.967 bits per heavy atom. The van der Waals surface area contributed by atoms with Crippen molar-refractivity contribution in [2.24, 2.45) is 0 Å². The highest BCUT2D eigenvalue weighted by molar-refractivity contribution is 5.46. The molecule has 0 amide bonds. The molecule has 6 nitrogen and oxygen atoms in total. The number of nitrogens with zero attached hydrogens (tertiary/aromatic N) is 5. The zero-order valence-corrected chi connectivity index (χ0v) is 17.1. The molecule has 0 radical (unpaired) electrons. The number of quaternary nitrogens is 1. The number of nitrogens with one attached hydrogen (secondary N) is 1. The van der Waals surface area contributed by atoms with Crippen molar-refractivity contribution in [2.45, 2.75) is 32.4 Å². The molecule has 1 atom stereocenters. The third-order valence-corrected chi connectivity index (χ3v) is 5.78. The maximum atomic E-state index is 13.2. The van der Waals surface area contributed by atoms with E-state index in [9.17, 15) is 8.78 Å². The summed E-state index contributed by atoms with van der Waals surface area (Å²) in [6.07, 6.45) is 2.04. The van der Waals surface area contributed by atoms with Gasteiger partial charge in [0, 0.05) is 12.1 Å². The number of aromatic nitrogens is 4. The quantitative estimate of drug-likeness (QED) is 0.646. The Labute approximate surface area is 175 Å². The van der Waals surface area contributed by atoms with Crippen molar-refractivity contribution >= 4 is 5.69 Å². The van der Waals surface area contributed by atoms with Crippen LogP contribution < -0.4 is 9.80 Å². The van der Waals surface area contributed by atoms with Gasteiger partial charge in [-0.05, 0) is 52.4 Å². The molecule has 4 rings (SSSR count). The summed E-state index contributed by atoms with van der Waals surface area (Å²) in [5.74, 6) is 0.424. The van der Waals surface area contributed by atoms with Crippen molar-refractivity contribution in [1.29, 1.82) is 0 Å². The molecule has 1 saturated heterocycles. The van der Waals surface area contributed by atoms with E-state index in [4.69, 9.17) is 0 Å². The summed E-state index contributed by atoms with van der Waals surface area (Å²) in [5, 5.41) is 12.5. The standard InChI is InChI=1S/C22H26F2N6/c1-2-3-21(22-25-26-27-30(22)16-17-4-6-18(23)7-5-17)29-14-12-28(13-15-29)20-10-8-19(24)9-11-20/h4-11,21H,2-3,12-16H2,1H3/p+1/t21-/m0/s1. The molecule has 3 aromatic rings. The maximum Gasteiger partial charge on any atom is 0.209 e. The monoisotopic (exact) mass is 413 g/mol. The van der Waals surface area contributed by atoms with E-state index in [0.29, 0.717) is 6.54 Å². The first-order valence-electron chi connectivity index (χ1n) is 10.5. The summed E-state index contributed by atoms with van der Waals surface area (Å²) >= 11 is 0. The van der Waals surface area contributed by atoms with E-state index in [1.165, 1.54) is 29.2 Å². The van der Waals surface area contributed by atoms with Crippen molar-refractivity contribution in [3.63, 3.8) is 0 Å². The van der Waals surface area contributed by atoms with Gasteiger partial charge in [-0.25, -0.2) is 13.5 Å². The fourth-order valence-corrected chi connectivity index (χ4v) is 4.19. The van der Waals surface area contributed by atoms with E-state index in [0.717, 1.165) is 56.1 Å². The number of piperazine rings is 1. The predicted octanol–water partition coefficient (Wildman–Crippen LogP) is 2.25. The first kappa shape index (κ1) is 20.4. The zero-order chi connectivity index (χ0) is 20.9. The third-order valence-electron chi connectivity index (χ3n) is 5.78. The van der Waals surface area contributed by atoms with Gasteiger partial charge in [0.15, 0.2) is 0 Å². The normalized spacial score (nSPS) is 16.0. The average Bonchev–Trinajstić information content (AvgIpc) is 3.22. The Morgan fingerprint density at radius 2 is 1.60 bits per heavy atom. The lowest BCUT2D eigenvalue weighted by Crippen LogP contribution is -3.15. The second-order valence-electron chi connectivity index (χ2n) is 7.78. The minimum atomic E-state index is -0.247. The molecule has 0 unspecified atom stereocenters. The first-order valence-corrected chi connectivity index (χ1v) is 10.5. The highest BCUT2D eigenvalue weighted by atomic mass is 19.1. The number of anilines is 1. The molecule has 1 fully saturated rings. The smallest absolute Gasteiger partial charge is 0.209 e. The molecule has 30 heavy (non-hydrogen) atoms. The van der Waals surface area contributed by atoms with E-state index in [1.807, 2.05) is 16.8 Å². The topological polar surface area (TPSA) is 51.3 Å². The molecular weight excluding hydrogens is 386 g/mol. The van der Waals surface area contributed by atoms with Crippen LogP contribution in [-0.4, -0.2) is 46.4 Å². The van der Waals surface area contributed by atoms with Gasteiger partial charge < -0.3 is 9.80 Å². The van der Waals surface area contributed by atoms with E-state index in [-0.39, 0.29) is 17.7 Å². The summed E-state index contributed by atoms with van der Waals surface area (Å²) in [4.78, 5) is 3.76. The van der Waals surface area contributed by atoms with Crippen molar-refractivity contribution in [3.05, 3.63) is 71.6 Å². The third kappa shape index (κ3) is 4.64. The van der Waals surface area contributed by atoms with Gasteiger partial charge in [-0.15, -0.1) is 5.10 Å². The molecule has 2 aromatic carbocycles. The highest BCUT2D eigenvalue weighted by Crippen LogP contribution is 2.17. The summed E-state index contributed by atoms with van der Waals surface area (Å²) in [7, 11) is 0. The van der Waals surface area contributed by atoms with Crippen LogP contribution in [-0.2, 0) is 6.54 Å². The molecule has 0 aliphatic carbocycles. The molecule has 0 bridgehead atoms. The molecule has 1 aliphatic heterocycles. The number of halogens is 2. The molecule has 1 aromatic heterocycles. The Balaban J connectivity index is 1.46. The van der Waals surface area contributed by atoms with Crippen molar-refractivity contribution in [3.8, 4) is 0 Å². The predicted molar refractivity (Wildman–Crippen MR) is 110 cm³/mol. The van der Waals surface area contributed by atoms with E-state index >= 15 is 0 Å². The van der Waals surface area contributed by atoms with Gasteiger partial charge >= 0.3 is 0 Å². The van der Waals surface area contributed by atoms with E-state index < -0.39 is 0 Å². The maximum absolute atomic E-state index is 13.2. The first-order chi connectivity index (χ1) is 14.6. The van der Waals surface area contributed by atoms with Crippen molar-refractivity contribution < 1.29 is 13.7 Å². The average molecular weight is 413 g/mol.